The number of fused-ring (bicyclic) bond motifs is 2. The van der Waals surface area contributed by atoms with Crippen molar-refractivity contribution in [2.45, 2.75) is 30.6 Å². The molecule has 1 amide bonds. The molecule has 7 heteroatoms. The highest BCUT2D eigenvalue weighted by atomic mass is 32.2. The molecule has 31 heavy (non-hydrogen) atoms. The van der Waals surface area contributed by atoms with Gasteiger partial charge in [0.15, 0.2) is 0 Å². The first-order valence-corrected chi connectivity index (χ1v) is 11.8. The zero-order valence-electron chi connectivity index (χ0n) is 17.1. The second kappa shape index (κ2) is 7.51. The Labute approximate surface area is 181 Å². The first-order chi connectivity index (χ1) is 15.0. The second-order valence-corrected chi connectivity index (χ2v) is 9.63. The predicted octanol–water partition coefficient (Wildman–Crippen LogP) is 4.23. The number of hydrogen-bond acceptors (Lipinski definition) is 4. The van der Waals surface area contributed by atoms with Gasteiger partial charge in [0.05, 0.1) is 10.5 Å². The number of carbonyl (C=O) groups excluding carboxylic acids is 1. The molecule has 0 bridgehead atoms. The first kappa shape index (κ1) is 19.8. The van der Waals surface area contributed by atoms with Crippen molar-refractivity contribution in [3.63, 3.8) is 0 Å². The van der Waals surface area contributed by atoms with Crippen molar-refractivity contribution in [3.05, 3.63) is 71.2 Å². The number of furan rings is 1. The number of aryl methyl sites for hydroxylation is 1. The molecule has 0 atom stereocenters. The van der Waals surface area contributed by atoms with Crippen LogP contribution in [0.3, 0.4) is 0 Å². The molecule has 0 unspecified atom stereocenters. The van der Waals surface area contributed by atoms with E-state index in [-0.39, 0.29) is 10.8 Å². The van der Waals surface area contributed by atoms with Crippen LogP contribution < -0.4 is 10.0 Å². The van der Waals surface area contributed by atoms with Crippen LogP contribution in [0.25, 0.3) is 22.8 Å². The van der Waals surface area contributed by atoms with Crippen molar-refractivity contribution in [3.8, 4) is 11.1 Å². The Morgan fingerprint density at radius 2 is 1.84 bits per heavy atom. The Balaban J connectivity index is 1.69. The van der Waals surface area contributed by atoms with E-state index in [1.54, 1.807) is 12.1 Å². The van der Waals surface area contributed by atoms with Crippen LogP contribution in [0, 0.1) is 0 Å². The lowest BCUT2D eigenvalue weighted by molar-refractivity contribution is -0.110. The number of carbonyl (C=O) groups is 1. The van der Waals surface area contributed by atoms with Gasteiger partial charge in [0.25, 0.3) is 5.91 Å². The summed E-state index contributed by atoms with van der Waals surface area (Å²) in [5.41, 5.74) is 4.80. The molecule has 1 aromatic heterocycles. The summed E-state index contributed by atoms with van der Waals surface area (Å²) < 4.78 is 33.1. The van der Waals surface area contributed by atoms with Gasteiger partial charge < -0.3 is 9.73 Å². The number of anilines is 1. The average Bonchev–Trinajstić information content (AvgIpc) is 3.31. The Morgan fingerprint density at radius 1 is 1.06 bits per heavy atom. The van der Waals surface area contributed by atoms with Crippen molar-refractivity contribution >= 4 is 33.3 Å². The van der Waals surface area contributed by atoms with Crippen molar-refractivity contribution in [1.29, 1.82) is 0 Å². The minimum Gasteiger partial charge on any atom is -0.461 e. The van der Waals surface area contributed by atoms with Gasteiger partial charge in [-0.3, -0.25) is 4.79 Å². The lowest BCUT2D eigenvalue weighted by Gasteiger charge is -2.11. The Morgan fingerprint density at radius 3 is 2.61 bits per heavy atom. The van der Waals surface area contributed by atoms with E-state index in [0.29, 0.717) is 22.6 Å². The van der Waals surface area contributed by atoms with Crippen molar-refractivity contribution in [2.75, 3.05) is 12.4 Å². The zero-order valence-corrected chi connectivity index (χ0v) is 17.9. The van der Waals surface area contributed by atoms with Gasteiger partial charge in [0.1, 0.15) is 11.5 Å². The third-order valence-electron chi connectivity index (χ3n) is 5.89. The first-order valence-electron chi connectivity index (χ1n) is 10.3. The quantitative estimate of drug-likeness (QED) is 0.602. The molecule has 0 fully saturated rings. The van der Waals surface area contributed by atoms with Crippen LogP contribution in [-0.2, 0) is 27.7 Å². The van der Waals surface area contributed by atoms with E-state index < -0.39 is 10.0 Å². The summed E-state index contributed by atoms with van der Waals surface area (Å²) in [5, 5.41) is 2.82. The van der Waals surface area contributed by atoms with Gasteiger partial charge in [0.2, 0.25) is 10.0 Å². The van der Waals surface area contributed by atoms with Gasteiger partial charge in [-0.25, -0.2) is 13.1 Å². The normalized spacial score (nSPS) is 16.8. The topological polar surface area (TPSA) is 88.4 Å². The van der Waals surface area contributed by atoms with E-state index in [1.807, 2.05) is 30.3 Å². The minimum absolute atomic E-state index is 0.109. The maximum Gasteiger partial charge on any atom is 0.256 e. The van der Waals surface area contributed by atoms with Gasteiger partial charge in [-0.15, -0.1) is 0 Å². The summed E-state index contributed by atoms with van der Waals surface area (Å²) in [7, 11) is -2.26. The van der Waals surface area contributed by atoms with Gasteiger partial charge in [0, 0.05) is 28.8 Å². The largest absolute Gasteiger partial charge is 0.461 e. The van der Waals surface area contributed by atoms with Crippen LogP contribution in [0.2, 0.25) is 0 Å². The monoisotopic (exact) mass is 434 g/mol. The lowest BCUT2D eigenvalue weighted by Crippen LogP contribution is -2.18. The van der Waals surface area contributed by atoms with Crippen molar-refractivity contribution in [2.24, 2.45) is 0 Å². The summed E-state index contributed by atoms with van der Waals surface area (Å²) >= 11 is 0. The molecular weight excluding hydrogens is 412 g/mol. The highest BCUT2D eigenvalue weighted by Gasteiger charge is 2.29. The third kappa shape index (κ3) is 3.40. The fraction of sp³-hybridized carbons (Fsp3) is 0.208. The molecule has 0 spiro atoms. The summed E-state index contributed by atoms with van der Waals surface area (Å²) in [6.45, 7) is 0. The molecule has 2 N–H and O–H groups in total. The van der Waals surface area contributed by atoms with Crippen LogP contribution in [-0.4, -0.2) is 21.4 Å². The fourth-order valence-corrected chi connectivity index (χ4v) is 5.09. The third-order valence-corrected chi connectivity index (χ3v) is 7.30. The lowest BCUT2D eigenvalue weighted by atomic mass is 9.91. The number of amides is 1. The minimum atomic E-state index is -3.63. The maximum absolute atomic E-state index is 12.8. The number of hydrogen-bond donors (Lipinski definition) is 2. The number of benzene rings is 2. The number of nitrogens with one attached hydrogen (secondary N) is 2. The Kier molecular flexibility index (Phi) is 4.79. The van der Waals surface area contributed by atoms with Crippen LogP contribution >= 0.6 is 0 Å². The van der Waals surface area contributed by atoms with E-state index in [0.717, 1.165) is 42.6 Å². The SMILES string of the molecule is CNS(=O)(=O)c1ccc2c(c1)C(=Cc1oc3c(c1-c1ccccc1)CCCC3)C(=O)N2. The molecule has 6 nitrogen and oxygen atoms in total. The van der Waals surface area contributed by atoms with Crippen LogP contribution in [0.1, 0.15) is 35.5 Å². The van der Waals surface area contributed by atoms with E-state index in [1.165, 1.54) is 24.7 Å². The number of sulfonamides is 1. The smallest absolute Gasteiger partial charge is 0.256 e. The van der Waals surface area contributed by atoms with E-state index in [9.17, 15) is 13.2 Å². The van der Waals surface area contributed by atoms with Crippen molar-refractivity contribution < 1.29 is 17.6 Å². The highest BCUT2D eigenvalue weighted by Crippen LogP contribution is 2.41. The Bertz CT molecular complexity index is 1320. The van der Waals surface area contributed by atoms with Gasteiger partial charge in [-0.05, 0) is 56.1 Å². The summed E-state index contributed by atoms with van der Waals surface area (Å²) in [6, 6.07) is 14.7. The molecular formula is C24H22N2O4S. The maximum atomic E-state index is 12.8. The van der Waals surface area contributed by atoms with E-state index in [4.69, 9.17) is 4.42 Å². The molecule has 158 valence electrons. The molecule has 2 heterocycles. The molecule has 1 aliphatic heterocycles. The standard InChI is InChI=1S/C24H22N2O4S/c1-25-31(28,29)16-11-12-20-18(13-16)19(24(27)26-20)14-22-23(15-7-3-2-4-8-15)17-9-5-6-10-21(17)30-22/h2-4,7-8,11-14,25H,5-6,9-10H2,1H3,(H,26,27). The van der Waals surface area contributed by atoms with Gasteiger partial charge >= 0.3 is 0 Å². The Hall–Kier alpha value is -3.16. The summed E-state index contributed by atoms with van der Waals surface area (Å²) in [4.78, 5) is 12.9. The summed E-state index contributed by atoms with van der Waals surface area (Å²) in [6.07, 6.45) is 5.76. The molecule has 2 aromatic carbocycles. The predicted molar refractivity (Wildman–Crippen MR) is 120 cm³/mol. The highest BCUT2D eigenvalue weighted by molar-refractivity contribution is 7.89. The van der Waals surface area contributed by atoms with Crippen LogP contribution in [0.15, 0.2) is 57.8 Å². The zero-order chi connectivity index (χ0) is 21.6. The number of rotatable bonds is 4. The molecule has 5 rings (SSSR count). The van der Waals surface area contributed by atoms with E-state index >= 15 is 0 Å². The average molecular weight is 435 g/mol. The van der Waals surface area contributed by atoms with E-state index in [2.05, 4.69) is 10.0 Å². The fourth-order valence-electron chi connectivity index (χ4n) is 4.34. The second-order valence-electron chi connectivity index (χ2n) is 7.74. The molecule has 3 aromatic rings. The summed E-state index contributed by atoms with van der Waals surface area (Å²) in [5.74, 6) is 1.34. The van der Waals surface area contributed by atoms with Gasteiger partial charge in [-0.2, -0.15) is 0 Å². The molecule has 0 saturated heterocycles. The van der Waals surface area contributed by atoms with Gasteiger partial charge in [-0.1, -0.05) is 30.3 Å². The molecule has 0 saturated carbocycles. The van der Waals surface area contributed by atoms with Crippen LogP contribution in [0.4, 0.5) is 5.69 Å². The molecule has 1 aliphatic carbocycles. The van der Waals surface area contributed by atoms with Crippen LogP contribution in [0.5, 0.6) is 0 Å². The van der Waals surface area contributed by atoms with Crippen molar-refractivity contribution in [1.82, 2.24) is 4.72 Å². The molecule has 0 radical (unpaired) electrons. The molecule has 2 aliphatic rings.